The average molecular weight is 249 g/mol. The summed E-state index contributed by atoms with van der Waals surface area (Å²) in [5.41, 5.74) is 8.74. The fourth-order valence-electron chi connectivity index (χ4n) is 2.05. The van der Waals surface area contributed by atoms with E-state index in [1.165, 1.54) is 11.1 Å². The quantitative estimate of drug-likeness (QED) is 0.830. The third-order valence-corrected chi connectivity index (χ3v) is 3.68. The van der Waals surface area contributed by atoms with Crippen LogP contribution in [0.2, 0.25) is 0 Å². The Morgan fingerprint density at radius 1 is 1.22 bits per heavy atom. The summed E-state index contributed by atoms with van der Waals surface area (Å²) in [5.74, 6) is 1.98. The second kappa shape index (κ2) is 6.79. The summed E-state index contributed by atoms with van der Waals surface area (Å²) in [5, 5.41) is 0. The van der Waals surface area contributed by atoms with Crippen molar-refractivity contribution in [3.63, 3.8) is 0 Å². The smallest absolute Gasteiger partial charge is 0.119 e. The van der Waals surface area contributed by atoms with Crippen molar-refractivity contribution in [2.75, 3.05) is 6.61 Å². The molecule has 0 radical (unpaired) electrons. The molecule has 1 aromatic carbocycles. The minimum absolute atomic E-state index is 0.111. The van der Waals surface area contributed by atoms with E-state index in [0.717, 1.165) is 12.2 Å². The van der Waals surface area contributed by atoms with Crippen LogP contribution < -0.4 is 10.5 Å². The molecular weight excluding hydrogens is 222 g/mol. The van der Waals surface area contributed by atoms with Gasteiger partial charge in [0.25, 0.3) is 0 Å². The number of rotatable bonds is 6. The molecule has 102 valence electrons. The van der Waals surface area contributed by atoms with Gasteiger partial charge in [-0.1, -0.05) is 40.2 Å². The maximum Gasteiger partial charge on any atom is 0.119 e. The van der Waals surface area contributed by atoms with Gasteiger partial charge in [0.15, 0.2) is 0 Å². The van der Waals surface area contributed by atoms with Crippen molar-refractivity contribution in [2.24, 2.45) is 11.7 Å². The lowest BCUT2D eigenvalue weighted by atomic mass is 9.98. The zero-order valence-corrected chi connectivity index (χ0v) is 12.4. The first-order valence-corrected chi connectivity index (χ1v) is 6.94. The molecule has 0 amide bonds. The lowest BCUT2D eigenvalue weighted by molar-refractivity contribution is 0.250. The summed E-state index contributed by atoms with van der Waals surface area (Å²) < 4.78 is 5.78. The zero-order chi connectivity index (χ0) is 13.7. The van der Waals surface area contributed by atoms with Gasteiger partial charge in [-0.25, -0.2) is 0 Å². The van der Waals surface area contributed by atoms with Crippen LogP contribution in [0.15, 0.2) is 18.2 Å². The zero-order valence-electron chi connectivity index (χ0n) is 12.4. The Kier molecular flexibility index (Phi) is 5.67. The van der Waals surface area contributed by atoms with E-state index in [4.69, 9.17) is 10.5 Å². The lowest BCUT2D eigenvalue weighted by Crippen LogP contribution is -2.34. The minimum atomic E-state index is 0.111. The standard InChI is InChI=1S/C16H27NO/c1-6-12(4)16(17)10-18-14-7-8-15(11(2)3)13(5)9-14/h7-9,11-12,16H,6,10,17H2,1-5H3. The number of nitrogens with two attached hydrogens (primary N) is 1. The molecule has 0 aliphatic carbocycles. The molecule has 1 rings (SSSR count). The van der Waals surface area contributed by atoms with Crippen LogP contribution >= 0.6 is 0 Å². The van der Waals surface area contributed by atoms with Gasteiger partial charge in [0.2, 0.25) is 0 Å². The van der Waals surface area contributed by atoms with Crippen LogP contribution in [-0.2, 0) is 0 Å². The van der Waals surface area contributed by atoms with Gasteiger partial charge in [0, 0.05) is 6.04 Å². The SMILES string of the molecule is CCC(C)C(N)COc1ccc(C(C)C)c(C)c1. The van der Waals surface area contributed by atoms with E-state index < -0.39 is 0 Å². The van der Waals surface area contributed by atoms with Crippen molar-refractivity contribution in [3.8, 4) is 5.75 Å². The van der Waals surface area contributed by atoms with Gasteiger partial charge in [-0.2, -0.15) is 0 Å². The van der Waals surface area contributed by atoms with E-state index in [1.54, 1.807) is 0 Å². The molecular formula is C16H27NO. The fourth-order valence-corrected chi connectivity index (χ4v) is 2.05. The van der Waals surface area contributed by atoms with E-state index in [-0.39, 0.29) is 6.04 Å². The maximum absolute atomic E-state index is 6.07. The second-order valence-electron chi connectivity index (χ2n) is 5.53. The average Bonchev–Trinajstić information content (AvgIpc) is 2.34. The van der Waals surface area contributed by atoms with Gasteiger partial charge in [0.1, 0.15) is 12.4 Å². The molecule has 1 aromatic rings. The highest BCUT2D eigenvalue weighted by Gasteiger charge is 2.12. The van der Waals surface area contributed by atoms with E-state index in [2.05, 4.69) is 46.8 Å². The molecule has 0 fully saturated rings. The Balaban J connectivity index is 2.61. The molecule has 2 atom stereocenters. The molecule has 0 spiro atoms. The summed E-state index contributed by atoms with van der Waals surface area (Å²) in [4.78, 5) is 0. The largest absolute Gasteiger partial charge is 0.492 e. The predicted octanol–water partition coefficient (Wildman–Crippen LogP) is 3.87. The third-order valence-electron chi connectivity index (χ3n) is 3.68. The first-order valence-electron chi connectivity index (χ1n) is 6.94. The van der Waals surface area contributed by atoms with Crippen LogP contribution in [0.5, 0.6) is 5.75 Å². The monoisotopic (exact) mass is 249 g/mol. The van der Waals surface area contributed by atoms with Crippen molar-refractivity contribution in [2.45, 2.75) is 53.0 Å². The molecule has 0 saturated heterocycles. The van der Waals surface area contributed by atoms with E-state index in [9.17, 15) is 0 Å². The van der Waals surface area contributed by atoms with Gasteiger partial charge in [-0.15, -0.1) is 0 Å². The Morgan fingerprint density at radius 3 is 2.39 bits per heavy atom. The number of ether oxygens (including phenoxy) is 1. The molecule has 0 aliphatic heterocycles. The van der Waals surface area contributed by atoms with E-state index in [0.29, 0.717) is 18.4 Å². The summed E-state index contributed by atoms with van der Waals surface area (Å²) >= 11 is 0. The molecule has 2 unspecified atom stereocenters. The van der Waals surface area contributed by atoms with Crippen molar-refractivity contribution < 1.29 is 4.74 Å². The van der Waals surface area contributed by atoms with Crippen LogP contribution in [0.3, 0.4) is 0 Å². The normalized spacial score (nSPS) is 14.6. The molecule has 0 heterocycles. The van der Waals surface area contributed by atoms with Gasteiger partial charge in [0.05, 0.1) is 0 Å². The van der Waals surface area contributed by atoms with E-state index in [1.807, 2.05) is 6.07 Å². The number of hydrogen-bond donors (Lipinski definition) is 1. The molecule has 2 nitrogen and oxygen atoms in total. The Hall–Kier alpha value is -1.02. The van der Waals surface area contributed by atoms with Crippen LogP contribution in [0.1, 0.15) is 51.2 Å². The summed E-state index contributed by atoms with van der Waals surface area (Å²) in [7, 11) is 0. The number of aryl methyl sites for hydroxylation is 1. The van der Waals surface area contributed by atoms with Crippen LogP contribution in [-0.4, -0.2) is 12.6 Å². The van der Waals surface area contributed by atoms with Crippen LogP contribution in [0.25, 0.3) is 0 Å². The molecule has 2 N–H and O–H groups in total. The maximum atomic E-state index is 6.07. The van der Waals surface area contributed by atoms with Gasteiger partial charge < -0.3 is 10.5 Å². The predicted molar refractivity (Wildman–Crippen MR) is 78.2 cm³/mol. The number of benzene rings is 1. The van der Waals surface area contributed by atoms with Crippen molar-refractivity contribution in [3.05, 3.63) is 29.3 Å². The fraction of sp³-hybridized carbons (Fsp3) is 0.625. The lowest BCUT2D eigenvalue weighted by Gasteiger charge is -2.19. The first-order chi connectivity index (χ1) is 8.45. The van der Waals surface area contributed by atoms with Crippen LogP contribution in [0.4, 0.5) is 0 Å². The van der Waals surface area contributed by atoms with Gasteiger partial charge in [-0.05, 0) is 42.0 Å². The highest BCUT2D eigenvalue weighted by Crippen LogP contribution is 2.23. The summed E-state index contributed by atoms with van der Waals surface area (Å²) in [6.07, 6.45) is 1.09. The van der Waals surface area contributed by atoms with Crippen molar-refractivity contribution in [1.82, 2.24) is 0 Å². The number of hydrogen-bond acceptors (Lipinski definition) is 2. The Labute approximate surface area is 112 Å². The molecule has 2 heteroatoms. The van der Waals surface area contributed by atoms with Crippen molar-refractivity contribution in [1.29, 1.82) is 0 Å². The Morgan fingerprint density at radius 2 is 1.89 bits per heavy atom. The molecule has 0 saturated carbocycles. The summed E-state index contributed by atoms with van der Waals surface area (Å²) in [6.45, 7) is 11.5. The second-order valence-corrected chi connectivity index (χ2v) is 5.53. The molecule has 0 aromatic heterocycles. The summed E-state index contributed by atoms with van der Waals surface area (Å²) in [6, 6.07) is 6.43. The third kappa shape index (κ3) is 4.02. The molecule has 0 aliphatic rings. The highest BCUT2D eigenvalue weighted by atomic mass is 16.5. The minimum Gasteiger partial charge on any atom is -0.492 e. The van der Waals surface area contributed by atoms with E-state index >= 15 is 0 Å². The molecule has 18 heavy (non-hydrogen) atoms. The van der Waals surface area contributed by atoms with Gasteiger partial charge >= 0.3 is 0 Å². The highest BCUT2D eigenvalue weighted by molar-refractivity contribution is 5.36. The van der Waals surface area contributed by atoms with Crippen LogP contribution in [0, 0.1) is 12.8 Å². The Bertz CT molecular complexity index is 373. The topological polar surface area (TPSA) is 35.2 Å². The van der Waals surface area contributed by atoms with Gasteiger partial charge in [-0.3, -0.25) is 0 Å². The molecule has 0 bridgehead atoms. The first kappa shape index (κ1) is 15.0. The van der Waals surface area contributed by atoms with Crippen molar-refractivity contribution >= 4 is 0 Å².